The number of rotatable bonds is 2. The lowest BCUT2D eigenvalue weighted by Gasteiger charge is -2.20. The van der Waals surface area contributed by atoms with Crippen LogP contribution in [0.25, 0.3) is 0 Å². The molecule has 1 fully saturated rings. The van der Waals surface area contributed by atoms with Gasteiger partial charge in [0.15, 0.2) is 0 Å². The maximum Gasteiger partial charge on any atom is 0.0596 e. The fraction of sp³-hybridized carbons (Fsp3) is 0.769. The van der Waals surface area contributed by atoms with Crippen LogP contribution in [0.4, 0.5) is 0 Å². The molecule has 1 N–H and O–H groups in total. The minimum absolute atomic E-state index is 0.113. The van der Waals surface area contributed by atoms with Crippen molar-refractivity contribution in [1.29, 1.82) is 0 Å². The van der Waals surface area contributed by atoms with E-state index >= 15 is 0 Å². The summed E-state index contributed by atoms with van der Waals surface area (Å²) in [4.78, 5) is 0. The van der Waals surface area contributed by atoms with E-state index in [1.54, 1.807) is 0 Å². The summed E-state index contributed by atoms with van der Waals surface area (Å²) in [5, 5.41) is 14.4. The molecule has 0 bridgehead atoms. The molecule has 1 aliphatic rings. The van der Waals surface area contributed by atoms with Crippen LogP contribution in [0.3, 0.4) is 0 Å². The molecule has 2 unspecified atom stereocenters. The monoisotopic (exact) mass is 222 g/mol. The van der Waals surface area contributed by atoms with Gasteiger partial charge in [0.1, 0.15) is 0 Å². The van der Waals surface area contributed by atoms with Crippen molar-refractivity contribution in [2.45, 2.75) is 51.6 Å². The summed E-state index contributed by atoms with van der Waals surface area (Å²) in [5.74, 6) is 0.428. The van der Waals surface area contributed by atoms with Crippen molar-refractivity contribution >= 4 is 0 Å². The first kappa shape index (κ1) is 11.6. The van der Waals surface area contributed by atoms with Crippen molar-refractivity contribution < 1.29 is 5.11 Å². The van der Waals surface area contributed by atoms with Crippen molar-refractivity contribution in [2.75, 3.05) is 0 Å². The summed E-state index contributed by atoms with van der Waals surface area (Å²) < 4.78 is 1.95. The van der Waals surface area contributed by atoms with Crippen LogP contribution in [-0.2, 0) is 13.5 Å². The van der Waals surface area contributed by atoms with Crippen molar-refractivity contribution in [2.24, 2.45) is 13.0 Å². The van der Waals surface area contributed by atoms with E-state index < -0.39 is 0 Å². The van der Waals surface area contributed by atoms with Crippen LogP contribution in [-0.4, -0.2) is 21.0 Å². The van der Waals surface area contributed by atoms with Gasteiger partial charge in [-0.25, -0.2) is 0 Å². The maximum atomic E-state index is 10.1. The van der Waals surface area contributed by atoms with E-state index in [9.17, 15) is 5.11 Å². The van der Waals surface area contributed by atoms with Crippen molar-refractivity contribution in [3.8, 4) is 0 Å². The second kappa shape index (κ2) is 5.00. The summed E-state index contributed by atoms with van der Waals surface area (Å²) >= 11 is 0. The van der Waals surface area contributed by atoms with Gasteiger partial charge in [-0.15, -0.1) is 0 Å². The number of nitrogens with zero attached hydrogens (tertiary/aromatic N) is 2. The summed E-state index contributed by atoms with van der Waals surface area (Å²) in [5.41, 5.74) is 2.32. The molecule has 3 nitrogen and oxygen atoms in total. The molecule has 1 aromatic heterocycles. The molecule has 1 aromatic rings. The molecule has 0 spiro atoms. The number of aliphatic hydroxyl groups is 1. The zero-order chi connectivity index (χ0) is 11.5. The van der Waals surface area contributed by atoms with Gasteiger partial charge in [-0.3, -0.25) is 4.68 Å². The molecular weight excluding hydrogens is 200 g/mol. The van der Waals surface area contributed by atoms with Crippen LogP contribution < -0.4 is 0 Å². The average Bonchev–Trinajstić information content (AvgIpc) is 2.43. The highest BCUT2D eigenvalue weighted by Gasteiger charge is 2.22. The number of hydrogen-bond acceptors (Lipinski definition) is 2. The largest absolute Gasteiger partial charge is 0.393 e. The van der Waals surface area contributed by atoms with Gasteiger partial charge < -0.3 is 5.11 Å². The number of aryl methyl sites for hydroxylation is 2. The minimum Gasteiger partial charge on any atom is -0.393 e. The molecule has 1 aliphatic carbocycles. The molecule has 16 heavy (non-hydrogen) atoms. The van der Waals surface area contributed by atoms with E-state index in [-0.39, 0.29) is 6.10 Å². The lowest BCUT2D eigenvalue weighted by molar-refractivity contribution is 0.0996. The normalized spacial score (nSPS) is 26.7. The number of aromatic nitrogens is 2. The molecule has 0 aliphatic heterocycles. The van der Waals surface area contributed by atoms with E-state index in [4.69, 9.17) is 0 Å². The fourth-order valence-corrected chi connectivity index (χ4v) is 2.73. The minimum atomic E-state index is -0.113. The van der Waals surface area contributed by atoms with Crippen molar-refractivity contribution in [3.05, 3.63) is 17.5 Å². The summed E-state index contributed by atoms with van der Waals surface area (Å²) in [6.45, 7) is 2.02. The molecular formula is C13H22N2O. The van der Waals surface area contributed by atoms with Gasteiger partial charge in [-0.2, -0.15) is 5.10 Å². The predicted octanol–water partition coefficient (Wildman–Crippen LogP) is 2.21. The first-order valence-corrected chi connectivity index (χ1v) is 6.34. The van der Waals surface area contributed by atoms with Gasteiger partial charge in [0.05, 0.1) is 11.8 Å². The van der Waals surface area contributed by atoms with Gasteiger partial charge in [0.25, 0.3) is 0 Å². The molecule has 2 atom stereocenters. The van der Waals surface area contributed by atoms with E-state index in [2.05, 4.69) is 11.2 Å². The number of aliphatic hydroxyl groups excluding tert-OH is 1. The molecule has 0 radical (unpaired) electrons. The topological polar surface area (TPSA) is 38.0 Å². The molecule has 3 heteroatoms. The second-order valence-corrected chi connectivity index (χ2v) is 5.07. The Morgan fingerprint density at radius 2 is 2.12 bits per heavy atom. The van der Waals surface area contributed by atoms with Gasteiger partial charge in [-0.1, -0.05) is 19.3 Å². The molecule has 1 heterocycles. The van der Waals surface area contributed by atoms with E-state index in [0.29, 0.717) is 5.92 Å². The Balaban J connectivity index is 2.04. The van der Waals surface area contributed by atoms with Crippen LogP contribution in [0.1, 0.15) is 43.5 Å². The first-order valence-electron chi connectivity index (χ1n) is 6.34. The van der Waals surface area contributed by atoms with Gasteiger partial charge in [0, 0.05) is 12.7 Å². The van der Waals surface area contributed by atoms with Crippen LogP contribution in [0.15, 0.2) is 6.07 Å². The van der Waals surface area contributed by atoms with Gasteiger partial charge >= 0.3 is 0 Å². The van der Waals surface area contributed by atoms with Gasteiger partial charge in [-0.05, 0) is 38.2 Å². The molecule has 0 amide bonds. The quantitative estimate of drug-likeness (QED) is 0.779. The zero-order valence-electron chi connectivity index (χ0n) is 10.3. The Bertz CT molecular complexity index is 346. The van der Waals surface area contributed by atoms with Crippen LogP contribution >= 0.6 is 0 Å². The Kier molecular flexibility index (Phi) is 3.64. The highest BCUT2D eigenvalue weighted by Crippen LogP contribution is 2.26. The average molecular weight is 222 g/mol. The predicted molar refractivity (Wildman–Crippen MR) is 64.2 cm³/mol. The van der Waals surface area contributed by atoms with E-state index in [0.717, 1.165) is 25.0 Å². The first-order chi connectivity index (χ1) is 7.66. The molecule has 0 aromatic carbocycles. The molecule has 90 valence electrons. The van der Waals surface area contributed by atoms with Crippen LogP contribution in [0, 0.1) is 12.8 Å². The van der Waals surface area contributed by atoms with E-state index in [1.165, 1.54) is 25.0 Å². The van der Waals surface area contributed by atoms with Crippen LogP contribution in [0.5, 0.6) is 0 Å². The molecule has 1 saturated carbocycles. The number of hydrogen-bond donors (Lipinski definition) is 1. The summed E-state index contributed by atoms with van der Waals surface area (Å²) in [6.07, 6.45) is 6.71. The zero-order valence-corrected chi connectivity index (χ0v) is 10.3. The van der Waals surface area contributed by atoms with Crippen molar-refractivity contribution in [1.82, 2.24) is 9.78 Å². The smallest absolute Gasteiger partial charge is 0.0596 e. The Morgan fingerprint density at radius 3 is 2.81 bits per heavy atom. The second-order valence-electron chi connectivity index (χ2n) is 5.07. The highest BCUT2D eigenvalue weighted by atomic mass is 16.3. The van der Waals surface area contributed by atoms with Gasteiger partial charge in [0.2, 0.25) is 0 Å². The Morgan fingerprint density at radius 1 is 1.38 bits per heavy atom. The third kappa shape index (κ3) is 2.64. The van der Waals surface area contributed by atoms with Crippen molar-refractivity contribution in [3.63, 3.8) is 0 Å². The fourth-order valence-electron chi connectivity index (χ4n) is 2.73. The lowest BCUT2D eigenvalue weighted by Crippen LogP contribution is -2.22. The Labute approximate surface area is 97.5 Å². The maximum absolute atomic E-state index is 10.1. The molecule has 2 rings (SSSR count). The SMILES string of the molecule is Cc1cc(CC2CCCCCC2O)n(C)n1. The molecule has 0 saturated heterocycles. The Hall–Kier alpha value is -0.830. The van der Waals surface area contributed by atoms with Crippen LogP contribution in [0.2, 0.25) is 0 Å². The summed E-state index contributed by atoms with van der Waals surface area (Å²) in [7, 11) is 1.99. The third-order valence-electron chi connectivity index (χ3n) is 3.69. The lowest BCUT2D eigenvalue weighted by atomic mass is 9.92. The summed E-state index contributed by atoms with van der Waals surface area (Å²) in [6, 6.07) is 2.14. The van der Waals surface area contributed by atoms with E-state index in [1.807, 2.05) is 18.7 Å². The highest BCUT2D eigenvalue weighted by molar-refractivity contribution is 5.09. The third-order valence-corrected chi connectivity index (χ3v) is 3.69. The standard InChI is InChI=1S/C13H22N2O/c1-10-8-12(15(2)14-10)9-11-6-4-3-5-7-13(11)16/h8,11,13,16H,3-7,9H2,1-2H3.